The maximum Gasteiger partial charge on any atom is 0.270 e. The highest BCUT2D eigenvalue weighted by atomic mass is 16.5. The largest absolute Gasteiger partial charge is 0.497 e. The van der Waals surface area contributed by atoms with Gasteiger partial charge in [0.05, 0.1) is 7.11 Å². The summed E-state index contributed by atoms with van der Waals surface area (Å²) in [6.07, 6.45) is 3.80. The van der Waals surface area contributed by atoms with E-state index in [0.717, 1.165) is 44.8 Å². The monoisotopic (exact) mass is 353 g/mol. The molecule has 2 fully saturated rings. The van der Waals surface area contributed by atoms with Gasteiger partial charge in [-0.15, -0.1) is 0 Å². The number of carbonyl (C=O) groups excluding carboxylic acids is 1. The summed E-state index contributed by atoms with van der Waals surface area (Å²) < 4.78 is 5.21. The molecule has 1 aliphatic heterocycles. The minimum atomic E-state index is -0.104. The average molecular weight is 353 g/mol. The van der Waals surface area contributed by atoms with Gasteiger partial charge in [-0.2, -0.15) is 0 Å². The second-order valence-corrected chi connectivity index (χ2v) is 6.66. The minimum absolute atomic E-state index is 0.104. The smallest absolute Gasteiger partial charge is 0.270 e. The summed E-state index contributed by atoms with van der Waals surface area (Å²) in [7, 11) is 1.67. The predicted octanol–water partition coefficient (Wildman–Crippen LogP) is 1.70. The van der Waals surface area contributed by atoms with Crippen molar-refractivity contribution in [3.8, 4) is 5.75 Å². The molecule has 1 aliphatic carbocycles. The summed E-state index contributed by atoms with van der Waals surface area (Å²) in [5, 5.41) is 2.97. The number of ether oxygens (including phenoxy) is 1. The standard InChI is InChI=1S/C19H23N5O2/c1-26-16-6-4-15(5-7-16)23-10-12-24(13-11-23)19-20-9-8-17(22-19)18(25)21-14-2-3-14/h4-9,14H,2-3,10-13H2,1H3,(H,21,25). The lowest BCUT2D eigenvalue weighted by Crippen LogP contribution is -2.47. The molecule has 1 aromatic carbocycles. The van der Waals surface area contributed by atoms with Crippen LogP contribution in [0.3, 0.4) is 0 Å². The number of hydrogen-bond acceptors (Lipinski definition) is 6. The van der Waals surface area contributed by atoms with E-state index in [4.69, 9.17) is 4.74 Å². The quantitative estimate of drug-likeness (QED) is 0.882. The minimum Gasteiger partial charge on any atom is -0.497 e. The van der Waals surface area contributed by atoms with Crippen LogP contribution in [0.4, 0.5) is 11.6 Å². The van der Waals surface area contributed by atoms with Gasteiger partial charge in [0.1, 0.15) is 11.4 Å². The number of benzene rings is 1. The summed E-state index contributed by atoms with van der Waals surface area (Å²) in [5.41, 5.74) is 1.63. The van der Waals surface area contributed by atoms with Gasteiger partial charge in [0.15, 0.2) is 0 Å². The number of rotatable bonds is 5. The van der Waals surface area contributed by atoms with Crippen LogP contribution in [0, 0.1) is 0 Å². The second kappa shape index (κ2) is 7.19. The Kier molecular flexibility index (Phi) is 4.60. The molecule has 0 bridgehead atoms. The van der Waals surface area contributed by atoms with E-state index in [1.54, 1.807) is 19.4 Å². The van der Waals surface area contributed by atoms with Crippen molar-refractivity contribution in [2.75, 3.05) is 43.1 Å². The van der Waals surface area contributed by atoms with Crippen molar-refractivity contribution in [1.29, 1.82) is 0 Å². The fourth-order valence-corrected chi connectivity index (χ4v) is 3.07. The number of anilines is 2. The lowest BCUT2D eigenvalue weighted by molar-refractivity contribution is 0.0946. The Labute approximate surface area is 153 Å². The molecule has 1 amide bonds. The van der Waals surface area contributed by atoms with Gasteiger partial charge in [-0.3, -0.25) is 4.79 Å². The lowest BCUT2D eigenvalue weighted by Gasteiger charge is -2.36. The van der Waals surface area contributed by atoms with Gasteiger partial charge < -0.3 is 19.9 Å². The van der Waals surface area contributed by atoms with E-state index in [2.05, 4.69) is 37.2 Å². The number of hydrogen-bond donors (Lipinski definition) is 1. The molecule has 2 aromatic rings. The van der Waals surface area contributed by atoms with Crippen molar-refractivity contribution >= 4 is 17.5 Å². The first-order chi connectivity index (χ1) is 12.7. The lowest BCUT2D eigenvalue weighted by atomic mass is 10.2. The Balaban J connectivity index is 1.38. The topological polar surface area (TPSA) is 70.6 Å². The molecule has 0 atom stereocenters. The molecule has 26 heavy (non-hydrogen) atoms. The maximum atomic E-state index is 12.2. The van der Waals surface area contributed by atoms with Crippen LogP contribution in [0.1, 0.15) is 23.3 Å². The zero-order valence-electron chi connectivity index (χ0n) is 14.9. The van der Waals surface area contributed by atoms with Gasteiger partial charge in [-0.25, -0.2) is 9.97 Å². The third kappa shape index (κ3) is 3.71. The van der Waals surface area contributed by atoms with Crippen LogP contribution in [-0.2, 0) is 0 Å². The van der Waals surface area contributed by atoms with Crippen molar-refractivity contribution < 1.29 is 9.53 Å². The molecular formula is C19H23N5O2. The Morgan fingerprint density at radius 3 is 2.42 bits per heavy atom. The first-order valence-corrected chi connectivity index (χ1v) is 9.01. The van der Waals surface area contributed by atoms with E-state index in [-0.39, 0.29) is 5.91 Å². The van der Waals surface area contributed by atoms with Crippen molar-refractivity contribution in [3.05, 3.63) is 42.2 Å². The van der Waals surface area contributed by atoms with Crippen LogP contribution < -0.4 is 19.9 Å². The van der Waals surface area contributed by atoms with Crippen LogP contribution in [0.2, 0.25) is 0 Å². The van der Waals surface area contributed by atoms with Gasteiger partial charge in [0, 0.05) is 44.1 Å². The number of nitrogens with one attached hydrogen (secondary N) is 1. The fourth-order valence-electron chi connectivity index (χ4n) is 3.07. The summed E-state index contributed by atoms with van der Waals surface area (Å²) in [5.74, 6) is 1.39. The SMILES string of the molecule is COc1ccc(N2CCN(c3nccc(C(=O)NC4CC4)n3)CC2)cc1. The molecule has 0 spiro atoms. The Hall–Kier alpha value is -2.83. The molecule has 0 unspecified atom stereocenters. The third-order valence-electron chi connectivity index (χ3n) is 4.79. The maximum absolute atomic E-state index is 12.2. The molecule has 2 heterocycles. The van der Waals surface area contributed by atoms with Crippen LogP contribution in [0.5, 0.6) is 5.75 Å². The summed E-state index contributed by atoms with van der Waals surface area (Å²) in [4.78, 5) is 25.5. The molecule has 1 saturated heterocycles. The number of aromatic nitrogens is 2. The van der Waals surface area contributed by atoms with E-state index < -0.39 is 0 Å². The number of carbonyl (C=O) groups is 1. The Morgan fingerprint density at radius 2 is 1.77 bits per heavy atom. The zero-order valence-corrected chi connectivity index (χ0v) is 14.9. The Bertz CT molecular complexity index is 768. The van der Waals surface area contributed by atoms with Crippen LogP contribution in [-0.4, -0.2) is 55.2 Å². The van der Waals surface area contributed by atoms with E-state index in [0.29, 0.717) is 17.7 Å². The average Bonchev–Trinajstić information content (AvgIpc) is 3.52. The predicted molar refractivity (Wildman–Crippen MR) is 99.9 cm³/mol. The number of methoxy groups -OCH3 is 1. The van der Waals surface area contributed by atoms with Gasteiger partial charge in [0.2, 0.25) is 5.95 Å². The molecule has 1 N–H and O–H groups in total. The van der Waals surface area contributed by atoms with Crippen molar-refractivity contribution in [3.63, 3.8) is 0 Å². The van der Waals surface area contributed by atoms with E-state index in [1.165, 1.54) is 5.69 Å². The van der Waals surface area contributed by atoms with Gasteiger partial charge in [0.25, 0.3) is 5.91 Å². The van der Waals surface area contributed by atoms with E-state index in [9.17, 15) is 4.79 Å². The second-order valence-electron chi connectivity index (χ2n) is 6.66. The third-order valence-corrected chi connectivity index (χ3v) is 4.79. The molecule has 4 rings (SSSR count). The highest BCUT2D eigenvalue weighted by Gasteiger charge is 2.25. The molecule has 7 heteroatoms. The highest BCUT2D eigenvalue weighted by Crippen LogP contribution is 2.22. The zero-order chi connectivity index (χ0) is 17.9. The van der Waals surface area contributed by atoms with Crippen molar-refractivity contribution in [1.82, 2.24) is 15.3 Å². The van der Waals surface area contributed by atoms with E-state index in [1.807, 2.05) is 12.1 Å². The number of piperazine rings is 1. The molecule has 7 nitrogen and oxygen atoms in total. The molecule has 136 valence electrons. The molecular weight excluding hydrogens is 330 g/mol. The number of nitrogens with zero attached hydrogens (tertiary/aromatic N) is 4. The summed E-state index contributed by atoms with van der Waals surface area (Å²) in [6, 6.07) is 10.1. The van der Waals surface area contributed by atoms with Gasteiger partial charge in [-0.05, 0) is 43.2 Å². The fraction of sp³-hybridized carbons (Fsp3) is 0.421. The number of amides is 1. The van der Waals surface area contributed by atoms with Crippen molar-refractivity contribution in [2.45, 2.75) is 18.9 Å². The van der Waals surface area contributed by atoms with Gasteiger partial charge in [-0.1, -0.05) is 0 Å². The molecule has 1 aromatic heterocycles. The summed E-state index contributed by atoms with van der Waals surface area (Å²) in [6.45, 7) is 3.40. The van der Waals surface area contributed by atoms with Gasteiger partial charge >= 0.3 is 0 Å². The molecule has 2 aliphatic rings. The van der Waals surface area contributed by atoms with E-state index >= 15 is 0 Å². The molecule has 1 saturated carbocycles. The first-order valence-electron chi connectivity index (χ1n) is 9.01. The highest BCUT2D eigenvalue weighted by molar-refractivity contribution is 5.92. The molecule has 0 radical (unpaired) electrons. The van der Waals surface area contributed by atoms with Crippen LogP contribution >= 0.6 is 0 Å². The van der Waals surface area contributed by atoms with Crippen molar-refractivity contribution in [2.24, 2.45) is 0 Å². The summed E-state index contributed by atoms with van der Waals surface area (Å²) >= 11 is 0. The van der Waals surface area contributed by atoms with Crippen LogP contribution in [0.25, 0.3) is 0 Å². The Morgan fingerprint density at radius 1 is 1.08 bits per heavy atom. The first kappa shape index (κ1) is 16.6. The normalized spacial score (nSPS) is 17.1. The van der Waals surface area contributed by atoms with Crippen LogP contribution in [0.15, 0.2) is 36.5 Å².